The van der Waals surface area contributed by atoms with Crippen LogP contribution in [0.15, 0.2) is 39.4 Å². The SMILES string of the molecule is Cc1ccc(S(=O)(=O)/C(C#N)=C/c2csc(C)n2)cc1. The summed E-state index contributed by atoms with van der Waals surface area (Å²) in [6.07, 6.45) is 1.30. The average molecular weight is 304 g/mol. The Hall–Kier alpha value is -1.97. The zero-order chi connectivity index (χ0) is 14.8. The van der Waals surface area contributed by atoms with Crippen LogP contribution in [0.4, 0.5) is 0 Å². The Kier molecular flexibility index (Phi) is 4.02. The lowest BCUT2D eigenvalue weighted by atomic mass is 10.2. The highest BCUT2D eigenvalue weighted by Gasteiger charge is 2.20. The molecule has 0 amide bonds. The van der Waals surface area contributed by atoms with Crippen LogP contribution in [0.5, 0.6) is 0 Å². The normalized spacial score (nSPS) is 12.2. The van der Waals surface area contributed by atoms with Gasteiger partial charge >= 0.3 is 0 Å². The van der Waals surface area contributed by atoms with Crippen LogP contribution in [0.25, 0.3) is 6.08 Å². The van der Waals surface area contributed by atoms with E-state index in [1.165, 1.54) is 29.5 Å². The van der Waals surface area contributed by atoms with Gasteiger partial charge in [0.2, 0.25) is 9.84 Å². The number of nitrogens with zero attached hydrogens (tertiary/aromatic N) is 2. The second-order valence-corrected chi connectivity index (χ2v) is 7.21. The first-order chi connectivity index (χ1) is 9.43. The summed E-state index contributed by atoms with van der Waals surface area (Å²) in [7, 11) is -3.79. The molecule has 2 rings (SSSR count). The molecule has 0 spiro atoms. The molecule has 0 saturated heterocycles. The maximum Gasteiger partial charge on any atom is 0.216 e. The number of rotatable bonds is 3. The van der Waals surface area contributed by atoms with Gasteiger partial charge in [0.25, 0.3) is 0 Å². The van der Waals surface area contributed by atoms with E-state index in [0.29, 0.717) is 5.69 Å². The van der Waals surface area contributed by atoms with Crippen molar-refractivity contribution < 1.29 is 8.42 Å². The third-order valence-electron chi connectivity index (χ3n) is 2.65. The second-order valence-electron chi connectivity index (χ2n) is 4.23. The van der Waals surface area contributed by atoms with Gasteiger partial charge in [-0.2, -0.15) is 5.26 Å². The summed E-state index contributed by atoms with van der Waals surface area (Å²) in [4.78, 5) is 3.96. The minimum Gasteiger partial charge on any atom is -0.242 e. The van der Waals surface area contributed by atoms with Gasteiger partial charge in [-0.25, -0.2) is 13.4 Å². The molecule has 0 atom stereocenters. The summed E-state index contributed by atoms with van der Waals surface area (Å²) in [5.74, 6) is 0. The van der Waals surface area contributed by atoms with Crippen LogP contribution in [0.2, 0.25) is 0 Å². The standard InChI is InChI=1S/C14H12N2O2S2/c1-10-3-5-13(6-4-10)20(17,18)14(8-15)7-12-9-19-11(2)16-12/h3-7,9H,1-2H3/b14-7+. The van der Waals surface area contributed by atoms with Crippen LogP contribution in [0.3, 0.4) is 0 Å². The molecule has 2 aromatic rings. The Labute approximate surface area is 122 Å². The molecule has 0 radical (unpaired) electrons. The van der Waals surface area contributed by atoms with Crippen LogP contribution < -0.4 is 0 Å². The number of hydrogen-bond acceptors (Lipinski definition) is 5. The van der Waals surface area contributed by atoms with Gasteiger partial charge in [0.1, 0.15) is 6.07 Å². The Bertz CT molecular complexity index is 794. The number of sulfone groups is 1. The number of nitriles is 1. The minimum absolute atomic E-state index is 0.114. The number of benzene rings is 1. The molecule has 0 aliphatic heterocycles. The van der Waals surface area contributed by atoms with E-state index in [9.17, 15) is 8.42 Å². The largest absolute Gasteiger partial charge is 0.242 e. The van der Waals surface area contributed by atoms with Crippen molar-refractivity contribution in [3.8, 4) is 6.07 Å². The van der Waals surface area contributed by atoms with Crippen LogP contribution in [-0.4, -0.2) is 13.4 Å². The fourth-order valence-electron chi connectivity index (χ4n) is 1.60. The molecule has 0 bridgehead atoms. The van der Waals surface area contributed by atoms with Gasteiger partial charge in [-0.05, 0) is 32.1 Å². The summed E-state index contributed by atoms with van der Waals surface area (Å²) < 4.78 is 24.7. The Balaban J connectivity index is 2.48. The van der Waals surface area contributed by atoms with Crippen LogP contribution >= 0.6 is 11.3 Å². The highest BCUT2D eigenvalue weighted by Crippen LogP contribution is 2.22. The fraction of sp³-hybridized carbons (Fsp3) is 0.143. The Morgan fingerprint density at radius 2 is 1.95 bits per heavy atom. The van der Waals surface area contributed by atoms with E-state index in [4.69, 9.17) is 5.26 Å². The monoisotopic (exact) mass is 304 g/mol. The fourth-order valence-corrected chi connectivity index (χ4v) is 3.31. The van der Waals surface area contributed by atoms with Gasteiger partial charge in [-0.3, -0.25) is 0 Å². The molecule has 20 heavy (non-hydrogen) atoms. The molecule has 6 heteroatoms. The zero-order valence-electron chi connectivity index (χ0n) is 11.0. The van der Waals surface area contributed by atoms with Gasteiger partial charge in [0, 0.05) is 5.38 Å². The van der Waals surface area contributed by atoms with Crippen LogP contribution in [0, 0.1) is 25.2 Å². The predicted octanol–water partition coefficient (Wildman–Crippen LogP) is 3.10. The summed E-state index contributed by atoms with van der Waals surface area (Å²) in [5.41, 5.74) is 1.45. The van der Waals surface area contributed by atoms with Gasteiger partial charge < -0.3 is 0 Å². The number of thiazole rings is 1. The molecule has 1 heterocycles. The minimum atomic E-state index is -3.79. The first-order valence-electron chi connectivity index (χ1n) is 5.79. The van der Waals surface area contributed by atoms with E-state index < -0.39 is 9.84 Å². The van der Waals surface area contributed by atoms with Gasteiger partial charge in [0.15, 0.2) is 4.91 Å². The number of aromatic nitrogens is 1. The zero-order valence-corrected chi connectivity index (χ0v) is 12.6. The Morgan fingerprint density at radius 3 is 2.45 bits per heavy atom. The molecule has 4 nitrogen and oxygen atoms in total. The highest BCUT2D eigenvalue weighted by atomic mass is 32.2. The first kappa shape index (κ1) is 14.4. The summed E-state index contributed by atoms with van der Waals surface area (Å²) in [6, 6.07) is 8.16. The van der Waals surface area contributed by atoms with Crippen molar-refractivity contribution >= 4 is 27.3 Å². The van der Waals surface area contributed by atoms with Crippen molar-refractivity contribution in [2.24, 2.45) is 0 Å². The highest BCUT2D eigenvalue weighted by molar-refractivity contribution is 7.95. The molecule has 0 unspecified atom stereocenters. The van der Waals surface area contributed by atoms with E-state index in [0.717, 1.165) is 10.6 Å². The van der Waals surface area contributed by atoms with Gasteiger partial charge in [-0.1, -0.05) is 17.7 Å². The van der Waals surface area contributed by atoms with E-state index in [2.05, 4.69) is 4.98 Å². The van der Waals surface area contributed by atoms with Crippen molar-refractivity contribution in [2.45, 2.75) is 18.7 Å². The van der Waals surface area contributed by atoms with Crippen molar-refractivity contribution in [2.75, 3.05) is 0 Å². The quantitative estimate of drug-likeness (QED) is 0.817. The molecule has 0 N–H and O–H groups in total. The van der Waals surface area contributed by atoms with E-state index in [1.54, 1.807) is 23.6 Å². The summed E-state index contributed by atoms with van der Waals surface area (Å²) >= 11 is 1.41. The third kappa shape index (κ3) is 2.95. The molecular weight excluding hydrogens is 292 g/mol. The molecule has 0 saturated carbocycles. The Morgan fingerprint density at radius 1 is 1.30 bits per heavy atom. The number of hydrogen-bond donors (Lipinski definition) is 0. The maximum atomic E-state index is 12.4. The molecular formula is C14H12N2O2S2. The maximum absolute atomic E-state index is 12.4. The number of allylic oxidation sites excluding steroid dienone is 1. The molecule has 1 aromatic heterocycles. The predicted molar refractivity (Wildman–Crippen MR) is 78.8 cm³/mol. The molecule has 102 valence electrons. The van der Waals surface area contributed by atoms with Crippen molar-refractivity contribution in [1.29, 1.82) is 5.26 Å². The lowest BCUT2D eigenvalue weighted by molar-refractivity contribution is 0.603. The number of aryl methyl sites for hydroxylation is 2. The van der Waals surface area contributed by atoms with Crippen molar-refractivity contribution in [1.82, 2.24) is 4.98 Å². The lowest BCUT2D eigenvalue weighted by Crippen LogP contribution is -2.03. The van der Waals surface area contributed by atoms with E-state index in [-0.39, 0.29) is 9.80 Å². The molecule has 0 aliphatic rings. The second kappa shape index (κ2) is 5.57. The summed E-state index contributed by atoms with van der Waals surface area (Å²) in [6.45, 7) is 3.69. The molecule has 1 aromatic carbocycles. The molecule has 0 fully saturated rings. The smallest absolute Gasteiger partial charge is 0.216 e. The van der Waals surface area contributed by atoms with Crippen molar-refractivity contribution in [3.05, 3.63) is 50.8 Å². The van der Waals surface area contributed by atoms with Gasteiger partial charge in [0.05, 0.1) is 15.6 Å². The third-order valence-corrected chi connectivity index (χ3v) is 5.12. The van der Waals surface area contributed by atoms with Crippen molar-refractivity contribution in [3.63, 3.8) is 0 Å². The topological polar surface area (TPSA) is 70.8 Å². The lowest BCUT2D eigenvalue weighted by Gasteiger charge is -2.02. The van der Waals surface area contributed by atoms with E-state index >= 15 is 0 Å². The van der Waals surface area contributed by atoms with Crippen LogP contribution in [-0.2, 0) is 9.84 Å². The average Bonchev–Trinajstić information content (AvgIpc) is 2.82. The summed E-state index contributed by atoms with van der Waals surface area (Å²) in [5, 5.41) is 11.7. The van der Waals surface area contributed by atoms with E-state index in [1.807, 2.05) is 13.8 Å². The van der Waals surface area contributed by atoms with Crippen LogP contribution in [0.1, 0.15) is 16.3 Å². The molecule has 0 aliphatic carbocycles. The van der Waals surface area contributed by atoms with Gasteiger partial charge in [-0.15, -0.1) is 11.3 Å². The first-order valence-corrected chi connectivity index (χ1v) is 8.15.